The molecule has 0 unspecified atom stereocenters. The van der Waals surface area contributed by atoms with Gasteiger partial charge < -0.3 is 15.2 Å². The molecular formula is C7H7ClN4O3S. The van der Waals surface area contributed by atoms with Crippen molar-refractivity contribution in [3.05, 3.63) is 11.5 Å². The summed E-state index contributed by atoms with van der Waals surface area (Å²) in [6.07, 6.45) is 0.0535. The number of thiocarbonyl (C=S) groups is 1. The van der Waals surface area contributed by atoms with Crippen LogP contribution in [0.15, 0.2) is 6.20 Å². The Hall–Kier alpha value is -1.67. The number of carbonyl (C=O) groups is 1. The number of anilines is 1. The van der Waals surface area contributed by atoms with Crippen molar-refractivity contribution in [3.63, 3.8) is 0 Å². The highest BCUT2D eigenvalue weighted by Crippen LogP contribution is 2.21. The number of hydrogen-bond donors (Lipinski definition) is 3. The fourth-order valence-electron chi connectivity index (χ4n) is 0.824. The first-order chi connectivity index (χ1) is 7.52. The molecule has 1 rings (SSSR count). The number of ether oxygens (including phenoxy) is 1. The van der Waals surface area contributed by atoms with E-state index in [2.05, 4.69) is 15.3 Å². The molecule has 7 nitrogen and oxygen atoms in total. The molecule has 0 aromatic carbocycles. The van der Waals surface area contributed by atoms with Crippen LogP contribution in [0.4, 0.5) is 10.6 Å². The van der Waals surface area contributed by atoms with Gasteiger partial charge in [-0.05, 0) is 23.8 Å². The van der Waals surface area contributed by atoms with Crippen molar-refractivity contribution < 1.29 is 14.6 Å². The fraction of sp³-hybridized carbons (Fsp3) is 0.143. The van der Waals surface area contributed by atoms with Crippen molar-refractivity contribution in [1.82, 2.24) is 15.3 Å². The van der Waals surface area contributed by atoms with E-state index in [0.717, 1.165) is 0 Å². The Balaban J connectivity index is 2.83. The molecule has 0 aliphatic rings. The second-order valence-electron chi connectivity index (χ2n) is 2.44. The van der Waals surface area contributed by atoms with Crippen LogP contribution in [0.5, 0.6) is 5.75 Å². The number of rotatable bonds is 2. The zero-order valence-electron chi connectivity index (χ0n) is 8.02. The number of aromatic nitrogens is 2. The number of methoxy groups -OCH3 is 1. The maximum atomic E-state index is 10.3. The van der Waals surface area contributed by atoms with Gasteiger partial charge in [-0.1, -0.05) is 0 Å². The smallest absolute Gasteiger partial charge is 0.410 e. The van der Waals surface area contributed by atoms with Gasteiger partial charge in [-0.2, -0.15) is 4.98 Å². The zero-order chi connectivity index (χ0) is 12.1. The Morgan fingerprint density at radius 1 is 1.69 bits per heavy atom. The van der Waals surface area contributed by atoms with Gasteiger partial charge in [0.2, 0.25) is 5.28 Å². The standard InChI is InChI=1S/C7H7ClN4O3S/c1-15-3-2-9-5(8)10-4(3)11-6(16)12-7(13)14/h2H,1H3,(H,13,14)(H2,9,10,11,12,16). The number of hydrogen-bond acceptors (Lipinski definition) is 5. The summed E-state index contributed by atoms with van der Waals surface area (Å²) < 4.78 is 4.93. The summed E-state index contributed by atoms with van der Waals surface area (Å²) >= 11 is 10.3. The van der Waals surface area contributed by atoms with E-state index in [4.69, 9.17) is 33.7 Å². The Labute approximate surface area is 101 Å². The molecule has 0 radical (unpaired) electrons. The Bertz CT molecular complexity index is 428. The molecule has 0 fully saturated rings. The summed E-state index contributed by atoms with van der Waals surface area (Å²) in [5.41, 5.74) is 0. The van der Waals surface area contributed by atoms with E-state index in [9.17, 15) is 4.79 Å². The second kappa shape index (κ2) is 5.42. The summed E-state index contributed by atoms with van der Waals surface area (Å²) in [5.74, 6) is 0.472. The SMILES string of the molecule is COc1cnc(Cl)nc1NC(=S)NC(=O)O. The molecule has 0 saturated heterocycles. The van der Waals surface area contributed by atoms with Crippen molar-refractivity contribution in [2.45, 2.75) is 0 Å². The minimum absolute atomic E-state index is 0.0126. The highest BCUT2D eigenvalue weighted by atomic mass is 35.5. The van der Waals surface area contributed by atoms with Crippen molar-refractivity contribution in [3.8, 4) is 5.75 Å². The van der Waals surface area contributed by atoms with Crippen molar-refractivity contribution in [2.75, 3.05) is 12.4 Å². The topological polar surface area (TPSA) is 96.4 Å². The van der Waals surface area contributed by atoms with Crippen LogP contribution in [-0.2, 0) is 0 Å². The molecule has 0 aliphatic carbocycles. The third-order valence-corrected chi connectivity index (χ3v) is 1.78. The molecule has 0 spiro atoms. The van der Waals surface area contributed by atoms with Gasteiger partial charge >= 0.3 is 6.09 Å². The zero-order valence-corrected chi connectivity index (χ0v) is 9.59. The van der Waals surface area contributed by atoms with Gasteiger partial charge in [0, 0.05) is 0 Å². The lowest BCUT2D eigenvalue weighted by Gasteiger charge is -2.09. The minimum Gasteiger partial charge on any atom is -0.491 e. The maximum absolute atomic E-state index is 10.3. The summed E-state index contributed by atoms with van der Waals surface area (Å²) in [5, 5.41) is 12.7. The number of halogens is 1. The van der Waals surface area contributed by atoms with Gasteiger partial charge in [0.15, 0.2) is 16.7 Å². The molecular weight excluding hydrogens is 256 g/mol. The third-order valence-electron chi connectivity index (χ3n) is 1.40. The fourth-order valence-corrected chi connectivity index (χ4v) is 1.14. The lowest BCUT2D eigenvalue weighted by Crippen LogP contribution is -2.33. The molecule has 3 N–H and O–H groups in total. The molecule has 86 valence electrons. The molecule has 0 bridgehead atoms. The van der Waals surface area contributed by atoms with Gasteiger partial charge in [-0.15, -0.1) is 0 Å². The Morgan fingerprint density at radius 3 is 2.94 bits per heavy atom. The van der Waals surface area contributed by atoms with E-state index in [1.807, 2.05) is 5.32 Å². The number of amides is 1. The first-order valence-electron chi connectivity index (χ1n) is 3.90. The van der Waals surface area contributed by atoms with Crippen LogP contribution in [0, 0.1) is 0 Å². The van der Waals surface area contributed by atoms with Crippen molar-refractivity contribution in [1.29, 1.82) is 0 Å². The molecule has 9 heteroatoms. The van der Waals surface area contributed by atoms with E-state index in [1.165, 1.54) is 13.3 Å². The van der Waals surface area contributed by atoms with E-state index < -0.39 is 6.09 Å². The van der Waals surface area contributed by atoms with E-state index in [-0.39, 0.29) is 16.2 Å². The van der Waals surface area contributed by atoms with Gasteiger partial charge in [0.1, 0.15) is 0 Å². The van der Waals surface area contributed by atoms with Crippen LogP contribution in [0.2, 0.25) is 5.28 Å². The van der Waals surface area contributed by atoms with E-state index in [0.29, 0.717) is 5.75 Å². The lowest BCUT2D eigenvalue weighted by atomic mass is 10.5. The number of nitrogens with one attached hydrogen (secondary N) is 2. The Morgan fingerprint density at radius 2 is 2.38 bits per heavy atom. The van der Waals surface area contributed by atoms with Gasteiger partial charge in [-0.3, -0.25) is 5.32 Å². The van der Waals surface area contributed by atoms with Gasteiger partial charge in [0.05, 0.1) is 13.3 Å². The van der Waals surface area contributed by atoms with Crippen LogP contribution in [0.3, 0.4) is 0 Å². The van der Waals surface area contributed by atoms with Crippen LogP contribution in [0.1, 0.15) is 0 Å². The molecule has 1 amide bonds. The van der Waals surface area contributed by atoms with Gasteiger partial charge in [0.25, 0.3) is 0 Å². The number of carboxylic acid groups (broad SMARTS) is 1. The monoisotopic (exact) mass is 262 g/mol. The highest BCUT2D eigenvalue weighted by molar-refractivity contribution is 7.80. The van der Waals surface area contributed by atoms with E-state index >= 15 is 0 Å². The van der Waals surface area contributed by atoms with Crippen LogP contribution >= 0.6 is 23.8 Å². The lowest BCUT2D eigenvalue weighted by molar-refractivity contribution is 0.200. The van der Waals surface area contributed by atoms with Crippen LogP contribution < -0.4 is 15.4 Å². The second-order valence-corrected chi connectivity index (χ2v) is 3.19. The molecule has 0 aliphatic heterocycles. The maximum Gasteiger partial charge on any atom is 0.410 e. The number of nitrogens with zero attached hydrogens (tertiary/aromatic N) is 2. The molecule has 0 atom stereocenters. The average molecular weight is 263 g/mol. The summed E-state index contributed by atoms with van der Waals surface area (Å²) in [4.78, 5) is 17.8. The average Bonchev–Trinajstić information content (AvgIpc) is 2.16. The summed E-state index contributed by atoms with van der Waals surface area (Å²) in [6.45, 7) is 0. The first kappa shape index (κ1) is 12.4. The molecule has 0 saturated carbocycles. The third kappa shape index (κ3) is 3.48. The largest absolute Gasteiger partial charge is 0.491 e. The van der Waals surface area contributed by atoms with E-state index in [1.54, 1.807) is 0 Å². The first-order valence-corrected chi connectivity index (χ1v) is 4.69. The van der Waals surface area contributed by atoms with Crippen LogP contribution in [-0.4, -0.2) is 33.4 Å². The molecule has 1 aromatic heterocycles. The molecule has 1 heterocycles. The quantitative estimate of drug-likeness (QED) is 0.542. The van der Waals surface area contributed by atoms with Crippen molar-refractivity contribution >= 4 is 40.8 Å². The van der Waals surface area contributed by atoms with Gasteiger partial charge in [-0.25, -0.2) is 9.78 Å². The molecule has 16 heavy (non-hydrogen) atoms. The predicted octanol–water partition coefficient (Wildman–Crippen LogP) is 1.10. The molecule has 1 aromatic rings. The van der Waals surface area contributed by atoms with Crippen molar-refractivity contribution in [2.24, 2.45) is 0 Å². The minimum atomic E-state index is -1.28. The normalized spacial score (nSPS) is 9.38. The summed E-state index contributed by atoms with van der Waals surface area (Å²) in [7, 11) is 1.41. The highest BCUT2D eigenvalue weighted by Gasteiger charge is 2.09. The predicted molar refractivity (Wildman–Crippen MR) is 61.0 cm³/mol. The summed E-state index contributed by atoms with van der Waals surface area (Å²) in [6, 6.07) is 0. The Kier molecular flexibility index (Phi) is 4.20. The van der Waals surface area contributed by atoms with Crippen LogP contribution in [0.25, 0.3) is 0 Å².